The number of amides is 2. The summed E-state index contributed by atoms with van der Waals surface area (Å²) >= 11 is 0. The summed E-state index contributed by atoms with van der Waals surface area (Å²) in [7, 11) is 0. The van der Waals surface area contributed by atoms with Crippen molar-refractivity contribution in [3.8, 4) is 0 Å². The maximum Gasteiger partial charge on any atom is 0.414 e. The summed E-state index contributed by atoms with van der Waals surface area (Å²) in [5.41, 5.74) is 12.9. The van der Waals surface area contributed by atoms with Crippen molar-refractivity contribution in [3.05, 3.63) is 24.0 Å². The smallest absolute Gasteiger partial charge is 0.414 e. The first kappa shape index (κ1) is 19.8. The van der Waals surface area contributed by atoms with Crippen LogP contribution in [-0.2, 0) is 9.53 Å². The molecular weight excluding hydrogens is 381 g/mol. The molecule has 3 fully saturated rings. The van der Waals surface area contributed by atoms with Gasteiger partial charge in [-0.15, -0.1) is 0 Å². The highest BCUT2D eigenvalue weighted by Crippen LogP contribution is 2.31. The fourth-order valence-electron chi connectivity index (χ4n) is 3.99. The highest BCUT2D eigenvalue weighted by molar-refractivity contribution is 5.90. The van der Waals surface area contributed by atoms with Crippen molar-refractivity contribution in [1.82, 2.24) is 27.2 Å². The molecule has 1 atom stereocenters. The van der Waals surface area contributed by atoms with Crippen LogP contribution in [0.5, 0.6) is 0 Å². The molecule has 4 rings (SSSR count). The number of hydrogen-bond donors (Lipinski definition) is 5. The van der Waals surface area contributed by atoms with E-state index < -0.39 is 12.2 Å². The normalized spacial score (nSPS) is 23.5. The Labute approximate surface area is 168 Å². The minimum Gasteiger partial charge on any atom is -0.442 e. The third-order valence-electron chi connectivity index (χ3n) is 5.57. The van der Waals surface area contributed by atoms with Crippen LogP contribution in [0.3, 0.4) is 0 Å². The number of rotatable bonds is 5. The lowest BCUT2D eigenvalue weighted by atomic mass is 9.93. The molecule has 0 aromatic heterocycles. The van der Waals surface area contributed by atoms with Crippen LogP contribution < -0.4 is 37.0 Å². The number of hydrazine groups is 3. The second-order valence-electron chi connectivity index (χ2n) is 7.53. The van der Waals surface area contributed by atoms with Gasteiger partial charge in [0, 0.05) is 20.0 Å². The number of halogens is 1. The van der Waals surface area contributed by atoms with E-state index in [0.29, 0.717) is 17.3 Å². The Morgan fingerprint density at radius 1 is 1.28 bits per heavy atom. The molecule has 3 saturated heterocycles. The third-order valence-corrected chi connectivity index (χ3v) is 5.57. The predicted molar refractivity (Wildman–Crippen MR) is 104 cm³/mol. The Balaban J connectivity index is 1.37. The van der Waals surface area contributed by atoms with Gasteiger partial charge in [0.2, 0.25) is 5.91 Å². The van der Waals surface area contributed by atoms with E-state index in [1.807, 2.05) is 4.90 Å². The van der Waals surface area contributed by atoms with Crippen LogP contribution in [0.4, 0.5) is 20.6 Å². The van der Waals surface area contributed by atoms with Crippen LogP contribution in [-0.4, -0.2) is 50.4 Å². The van der Waals surface area contributed by atoms with Crippen LogP contribution in [0.25, 0.3) is 0 Å². The number of ether oxygens (including phenoxy) is 1. The van der Waals surface area contributed by atoms with Gasteiger partial charge in [0.1, 0.15) is 11.9 Å². The number of benzene rings is 1. The maximum atomic E-state index is 14.8. The van der Waals surface area contributed by atoms with Gasteiger partial charge in [0.05, 0.1) is 30.6 Å². The van der Waals surface area contributed by atoms with Gasteiger partial charge in [-0.05, 0) is 37.0 Å². The second kappa shape index (κ2) is 8.49. The highest BCUT2D eigenvalue weighted by atomic mass is 19.1. The minimum atomic E-state index is -0.535. The Morgan fingerprint density at radius 2 is 2.00 bits per heavy atom. The van der Waals surface area contributed by atoms with Crippen molar-refractivity contribution in [2.75, 3.05) is 36.0 Å². The fraction of sp³-hybridized carbons (Fsp3) is 0.556. The molecule has 3 aliphatic rings. The Kier molecular flexibility index (Phi) is 5.81. The monoisotopic (exact) mass is 407 g/mol. The van der Waals surface area contributed by atoms with Crippen molar-refractivity contribution in [3.63, 3.8) is 0 Å². The SMILES string of the molecule is CC(=O)NC[C@H]1CN(c2ccc(N3CCC(C4NNNN4)CC3)c(F)c2)C(=O)O1. The summed E-state index contributed by atoms with van der Waals surface area (Å²) in [5, 5.41) is 2.63. The van der Waals surface area contributed by atoms with Crippen molar-refractivity contribution in [2.45, 2.75) is 32.0 Å². The number of nitrogens with one attached hydrogen (secondary N) is 5. The molecule has 0 bridgehead atoms. The van der Waals surface area contributed by atoms with E-state index >= 15 is 0 Å². The highest BCUT2D eigenvalue weighted by Gasteiger charge is 2.33. The van der Waals surface area contributed by atoms with E-state index in [2.05, 4.69) is 27.2 Å². The topological polar surface area (TPSA) is 110 Å². The standard InChI is InChI=1S/C18H26FN7O3/c1-11(27)20-9-14-10-26(18(28)29-14)13-2-3-16(15(19)8-13)25-6-4-12(5-7-25)17-21-23-24-22-17/h2-3,8,12,14,17,21-24H,4-7,9-10H2,1H3,(H,20,27)/t14-/m0/s1. The van der Waals surface area contributed by atoms with Crippen LogP contribution >= 0.6 is 0 Å². The number of carbonyl (C=O) groups is 2. The number of carbonyl (C=O) groups excluding carboxylic acids is 2. The van der Waals surface area contributed by atoms with E-state index in [-0.39, 0.29) is 31.0 Å². The van der Waals surface area contributed by atoms with Gasteiger partial charge in [0.15, 0.2) is 0 Å². The molecule has 10 nitrogen and oxygen atoms in total. The molecule has 1 aromatic carbocycles. The van der Waals surface area contributed by atoms with Crippen LogP contribution in [0.2, 0.25) is 0 Å². The molecule has 11 heteroatoms. The average Bonchev–Trinajstić information content (AvgIpc) is 3.36. The zero-order chi connectivity index (χ0) is 20.4. The summed E-state index contributed by atoms with van der Waals surface area (Å²) < 4.78 is 20.1. The minimum absolute atomic E-state index is 0.149. The zero-order valence-corrected chi connectivity index (χ0v) is 16.2. The van der Waals surface area contributed by atoms with Crippen LogP contribution in [0, 0.1) is 11.7 Å². The van der Waals surface area contributed by atoms with Crippen molar-refractivity contribution >= 4 is 23.4 Å². The van der Waals surface area contributed by atoms with Gasteiger partial charge in [-0.25, -0.2) is 20.0 Å². The lowest BCUT2D eigenvalue weighted by molar-refractivity contribution is -0.119. The molecule has 0 unspecified atom stereocenters. The van der Waals surface area contributed by atoms with Crippen molar-refractivity contribution < 1.29 is 18.7 Å². The Morgan fingerprint density at radius 3 is 2.66 bits per heavy atom. The molecule has 2 amide bonds. The third kappa shape index (κ3) is 4.42. The van der Waals surface area contributed by atoms with E-state index in [1.165, 1.54) is 17.9 Å². The molecule has 3 heterocycles. The molecule has 5 N–H and O–H groups in total. The lowest BCUT2D eigenvalue weighted by Crippen LogP contribution is -2.46. The summed E-state index contributed by atoms with van der Waals surface area (Å²) in [6, 6.07) is 4.83. The molecule has 3 aliphatic heterocycles. The lowest BCUT2D eigenvalue weighted by Gasteiger charge is -2.35. The van der Waals surface area contributed by atoms with Crippen molar-refractivity contribution in [1.29, 1.82) is 0 Å². The summed E-state index contributed by atoms with van der Waals surface area (Å²) in [6.45, 7) is 3.42. The summed E-state index contributed by atoms with van der Waals surface area (Å²) in [4.78, 5) is 26.6. The predicted octanol–water partition coefficient (Wildman–Crippen LogP) is -0.0535. The zero-order valence-electron chi connectivity index (χ0n) is 16.2. The molecule has 0 spiro atoms. The molecule has 29 heavy (non-hydrogen) atoms. The van der Waals surface area contributed by atoms with Crippen LogP contribution in [0.15, 0.2) is 18.2 Å². The molecule has 0 aliphatic carbocycles. The van der Waals surface area contributed by atoms with Gasteiger partial charge >= 0.3 is 6.09 Å². The fourth-order valence-corrected chi connectivity index (χ4v) is 3.99. The average molecular weight is 407 g/mol. The molecular formula is C18H26FN7O3. The van der Waals surface area contributed by atoms with Gasteiger partial charge in [-0.1, -0.05) is 0 Å². The van der Waals surface area contributed by atoms with Gasteiger partial charge in [0.25, 0.3) is 0 Å². The maximum absolute atomic E-state index is 14.8. The van der Waals surface area contributed by atoms with Gasteiger partial charge in [-0.2, -0.15) is 11.1 Å². The van der Waals surface area contributed by atoms with Gasteiger partial charge in [-0.3, -0.25) is 9.69 Å². The first-order chi connectivity index (χ1) is 14.0. The Bertz CT molecular complexity index is 766. The quantitative estimate of drug-likeness (QED) is 0.462. The van der Waals surface area contributed by atoms with E-state index in [4.69, 9.17) is 4.74 Å². The first-order valence-electron chi connectivity index (χ1n) is 9.79. The largest absolute Gasteiger partial charge is 0.442 e. The van der Waals surface area contributed by atoms with Crippen LogP contribution in [0.1, 0.15) is 19.8 Å². The number of cyclic esters (lactones) is 1. The van der Waals surface area contributed by atoms with E-state index in [1.54, 1.807) is 12.1 Å². The molecule has 0 radical (unpaired) electrons. The number of piperidine rings is 1. The first-order valence-corrected chi connectivity index (χ1v) is 9.79. The van der Waals surface area contributed by atoms with Gasteiger partial charge < -0.3 is 15.0 Å². The molecule has 0 saturated carbocycles. The number of nitrogens with zero attached hydrogens (tertiary/aromatic N) is 2. The molecule has 1 aromatic rings. The number of anilines is 2. The Hall–Kier alpha value is -2.47. The molecule has 158 valence electrons. The van der Waals surface area contributed by atoms with E-state index in [0.717, 1.165) is 25.9 Å². The van der Waals surface area contributed by atoms with Crippen molar-refractivity contribution in [2.24, 2.45) is 5.92 Å². The number of hydrogen-bond acceptors (Lipinski definition) is 8. The van der Waals surface area contributed by atoms with E-state index in [9.17, 15) is 14.0 Å². The summed E-state index contributed by atoms with van der Waals surface area (Å²) in [5.74, 6) is -0.110. The summed E-state index contributed by atoms with van der Waals surface area (Å²) in [6.07, 6.45) is 1.02. The second-order valence-corrected chi connectivity index (χ2v) is 7.53.